The SMILES string of the molecule is COC(=O)c1nnn(-c2cccc(C#N)c2)c1N. The third kappa shape index (κ3) is 1.87. The molecule has 0 radical (unpaired) electrons. The molecule has 0 aliphatic heterocycles. The Morgan fingerprint density at radius 1 is 1.56 bits per heavy atom. The number of hydrogen-bond donors (Lipinski definition) is 1. The topological polar surface area (TPSA) is 107 Å². The van der Waals surface area contributed by atoms with E-state index in [-0.39, 0.29) is 11.5 Å². The second-order valence-electron chi connectivity index (χ2n) is 3.39. The number of esters is 1. The van der Waals surface area contributed by atoms with Crippen LogP contribution in [-0.4, -0.2) is 28.1 Å². The third-order valence-corrected chi connectivity index (χ3v) is 2.30. The number of nitrogens with zero attached hydrogens (tertiary/aromatic N) is 4. The Bertz CT molecular complexity index is 641. The number of methoxy groups -OCH3 is 1. The predicted molar refractivity (Wildman–Crippen MR) is 61.8 cm³/mol. The molecule has 2 aromatic rings. The zero-order valence-corrected chi connectivity index (χ0v) is 9.49. The van der Waals surface area contributed by atoms with Crippen LogP contribution in [0.4, 0.5) is 5.82 Å². The van der Waals surface area contributed by atoms with E-state index in [1.807, 2.05) is 6.07 Å². The maximum absolute atomic E-state index is 11.3. The first-order chi connectivity index (χ1) is 8.67. The van der Waals surface area contributed by atoms with E-state index in [1.165, 1.54) is 11.8 Å². The van der Waals surface area contributed by atoms with E-state index in [1.54, 1.807) is 24.3 Å². The molecular formula is C11H9N5O2. The smallest absolute Gasteiger partial charge is 0.362 e. The number of carbonyl (C=O) groups excluding carboxylic acids is 1. The number of benzene rings is 1. The first-order valence-corrected chi connectivity index (χ1v) is 4.97. The Hall–Kier alpha value is -2.88. The molecule has 2 N–H and O–H groups in total. The summed E-state index contributed by atoms with van der Waals surface area (Å²) in [5.74, 6) is -0.591. The quantitative estimate of drug-likeness (QED) is 0.770. The van der Waals surface area contributed by atoms with Crippen LogP contribution in [0.3, 0.4) is 0 Å². The fourth-order valence-corrected chi connectivity index (χ4v) is 1.43. The largest absolute Gasteiger partial charge is 0.464 e. The predicted octanol–water partition coefficient (Wildman–Crippen LogP) is 0.508. The summed E-state index contributed by atoms with van der Waals surface area (Å²) < 4.78 is 5.80. The number of rotatable bonds is 2. The highest BCUT2D eigenvalue weighted by molar-refractivity contribution is 5.92. The molecule has 2 rings (SSSR count). The number of aromatic nitrogens is 3. The minimum Gasteiger partial charge on any atom is -0.464 e. The van der Waals surface area contributed by atoms with Crippen LogP contribution < -0.4 is 5.73 Å². The Morgan fingerprint density at radius 3 is 3.00 bits per heavy atom. The molecule has 0 bridgehead atoms. The summed E-state index contributed by atoms with van der Waals surface area (Å²) in [6, 6.07) is 8.63. The number of nitrogens with two attached hydrogens (primary N) is 1. The maximum Gasteiger partial charge on any atom is 0.362 e. The van der Waals surface area contributed by atoms with Gasteiger partial charge in [-0.05, 0) is 18.2 Å². The average molecular weight is 243 g/mol. The molecule has 0 aliphatic rings. The molecule has 0 amide bonds. The van der Waals surface area contributed by atoms with Gasteiger partial charge in [0.05, 0.1) is 24.4 Å². The summed E-state index contributed by atoms with van der Waals surface area (Å²) in [5, 5.41) is 16.2. The van der Waals surface area contributed by atoms with Crippen LogP contribution in [-0.2, 0) is 4.74 Å². The van der Waals surface area contributed by atoms with Crippen molar-refractivity contribution in [3.8, 4) is 11.8 Å². The van der Waals surface area contributed by atoms with Crippen molar-refractivity contribution < 1.29 is 9.53 Å². The van der Waals surface area contributed by atoms with Crippen LogP contribution in [0, 0.1) is 11.3 Å². The summed E-state index contributed by atoms with van der Waals surface area (Å²) in [4.78, 5) is 11.3. The Labute approximate surface area is 102 Å². The van der Waals surface area contributed by atoms with Gasteiger partial charge in [-0.25, -0.2) is 4.79 Å². The summed E-state index contributed by atoms with van der Waals surface area (Å²) in [7, 11) is 1.23. The zero-order valence-electron chi connectivity index (χ0n) is 9.49. The van der Waals surface area contributed by atoms with E-state index in [0.717, 1.165) is 0 Å². The average Bonchev–Trinajstić information content (AvgIpc) is 2.80. The van der Waals surface area contributed by atoms with Gasteiger partial charge in [0.25, 0.3) is 0 Å². The highest BCUT2D eigenvalue weighted by Gasteiger charge is 2.18. The molecule has 0 fully saturated rings. The highest BCUT2D eigenvalue weighted by Crippen LogP contribution is 2.16. The molecular weight excluding hydrogens is 234 g/mol. The summed E-state index contributed by atoms with van der Waals surface area (Å²) in [5.41, 5.74) is 6.71. The van der Waals surface area contributed by atoms with Gasteiger partial charge in [-0.3, -0.25) is 0 Å². The summed E-state index contributed by atoms with van der Waals surface area (Å²) in [6.07, 6.45) is 0. The lowest BCUT2D eigenvalue weighted by atomic mass is 10.2. The van der Waals surface area contributed by atoms with Crippen LogP contribution in [0.5, 0.6) is 0 Å². The lowest BCUT2D eigenvalue weighted by molar-refractivity contribution is 0.0595. The van der Waals surface area contributed by atoms with Gasteiger partial charge in [0.1, 0.15) is 0 Å². The van der Waals surface area contributed by atoms with Gasteiger partial charge in [0.2, 0.25) is 5.69 Å². The molecule has 1 aromatic heterocycles. The molecule has 0 aliphatic carbocycles. The van der Waals surface area contributed by atoms with Crippen molar-refractivity contribution in [1.82, 2.24) is 15.0 Å². The van der Waals surface area contributed by atoms with Crippen molar-refractivity contribution in [2.24, 2.45) is 0 Å². The Morgan fingerprint density at radius 2 is 2.33 bits per heavy atom. The summed E-state index contributed by atoms with van der Waals surface area (Å²) >= 11 is 0. The van der Waals surface area contributed by atoms with E-state index in [9.17, 15) is 4.79 Å². The van der Waals surface area contributed by atoms with Gasteiger partial charge in [-0.15, -0.1) is 5.10 Å². The normalized spacial score (nSPS) is 9.78. The highest BCUT2D eigenvalue weighted by atomic mass is 16.5. The second-order valence-corrected chi connectivity index (χ2v) is 3.39. The van der Waals surface area contributed by atoms with E-state index in [0.29, 0.717) is 11.3 Å². The van der Waals surface area contributed by atoms with Crippen molar-refractivity contribution in [2.45, 2.75) is 0 Å². The fraction of sp³-hybridized carbons (Fsp3) is 0.0909. The van der Waals surface area contributed by atoms with E-state index < -0.39 is 5.97 Å². The van der Waals surface area contributed by atoms with Crippen molar-refractivity contribution in [3.63, 3.8) is 0 Å². The minimum atomic E-state index is -0.657. The van der Waals surface area contributed by atoms with Crippen LogP contribution in [0.15, 0.2) is 24.3 Å². The van der Waals surface area contributed by atoms with Crippen molar-refractivity contribution in [2.75, 3.05) is 12.8 Å². The van der Waals surface area contributed by atoms with Crippen LogP contribution in [0.25, 0.3) is 5.69 Å². The van der Waals surface area contributed by atoms with Crippen LogP contribution >= 0.6 is 0 Å². The Kier molecular flexibility index (Phi) is 2.93. The molecule has 0 spiro atoms. The first kappa shape index (κ1) is 11.6. The number of carbonyl (C=O) groups is 1. The molecule has 1 aromatic carbocycles. The first-order valence-electron chi connectivity index (χ1n) is 4.97. The second kappa shape index (κ2) is 4.55. The number of nitrogen functional groups attached to an aromatic ring is 1. The lowest BCUT2D eigenvalue weighted by Crippen LogP contribution is -2.07. The zero-order chi connectivity index (χ0) is 13.1. The Balaban J connectivity index is 2.49. The molecule has 7 nitrogen and oxygen atoms in total. The molecule has 0 saturated heterocycles. The minimum absolute atomic E-state index is 0.0557. The standard InChI is InChI=1S/C11H9N5O2/c1-18-11(17)9-10(13)16(15-14-9)8-4-2-3-7(5-8)6-12/h2-5H,13H2,1H3. The van der Waals surface area contributed by atoms with Crippen molar-refractivity contribution >= 4 is 11.8 Å². The van der Waals surface area contributed by atoms with Gasteiger partial charge in [0.15, 0.2) is 5.82 Å². The van der Waals surface area contributed by atoms with Gasteiger partial charge < -0.3 is 10.5 Å². The lowest BCUT2D eigenvalue weighted by Gasteiger charge is -2.03. The van der Waals surface area contributed by atoms with Crippen LogP contribution in [0.1, 0.15) is 16.1 Å². The molecule has 0 atom stereocenters. The van der Waals surface area contributed by atoms with Crippen molar-refractivity contribution in [1.29, 1.82) is 5.26 Å². The molecule has 1 heterocycles. The molecule has 0 unspecified atom stereocenters. The number of nitriles is 1. The molecule has 18 heavy (non-hydrogen) atoms. The molecule has 7 heteroatoms. The van der Waals surface area contributed by atoms with E-state index >= 15 is 0 Å². The van der Waals surface area contributed by atoms with Crippen LogP contribution in [0.2, 0.25) is 0 Å². The van der Waals surface area contributed by atoms with E-state index in [2.05, 4.69) is 15.0 Å². The van der Waals surface area contributed by atoms with Crippen molar-refractivity contribution in [3.05, 3.63) is 35.5 Å². The number of ether oxygens (including phenoxy) is 1. The monoisotopic (exact) mass is 243 g/mol. The molecule has 0 saturated carbocycles. The maximum atomic E-state index is 11.3. The third-order valence-electron chi connectivity index (χ3n) is 2.30. The fourth-order valence-electron chi connectivity index (χ4n) is 1.43. The van der Waals surface area contributed by atoms with E-state index in [4.69, 9.17) is 11.0 Å². The van der Waals surface area contributed by atoms with Gasteiger partial charge in [0, 0.05) is 0 Å². The van der Waals surface area contributed by atoms with Gasteiger partial charge >= 0.3 is 5.97 Å². The molecule has 90 valence electrons. The summed E-state index contributed by atoms with van der Waals surface area (Å²) in [6.45, 7) is 0. The van der Waals surface area contributed by atoms with Gasteiger partial charge in [-0.1, -0.05) is 11.3 Å². The van der Waals surface area contributed by atoms with Gasteiger partial charge in [-0.2, -0.15) is 9.94 Å². The number of anilines is 1. The number of hydrogen-bond acceptors (Lipinski definition) is 6.